The second-order valence-electron chi connectivity index (χ2n) is 8.77. The van der Waals surface area contributed by atoms with Gasteiger partial charge in [-0.15, -0.1) is 0 Å². The van der Waals surface area contributed by atoms with Gasteiger partial charge < -0.3 is 5.11 Å². The lowest BCUT2D eigenvalue weighted by atomic mass is 9.59. The minimum absolute atomic E-state index is 0.147. The van der Waals surface area contributed by atoms with E-state index < -0.39 is 5.72 Å². The molecule has 4 bridgehead atoms. The molecule has 10 atom stereocenters. The Morgan fingerprint density at radius 1 is 1.14 bits per heavy atom. The highest BCUT2D eigenvalue weighted by Gasteiger charge is 2.93. The van der Waals surface area contributed by atoms with Crippen molar-refractivity contribution in [2.24, 2.45) is 47.3 Å². The molecule has 2 aliphatic heterocycles. The summed E-state index contributed by atoms with van der Waals surface area (Å²) in [6.07, 6.45) is 2.29. The first-order chi connectivity index (χ1) is 10.7. The van der Waals surface area contributed by atoms with E-state index in [1.165, 1.54) is 12.5 Å². The fraction of sp³-hybridized carbons (Fsp3) is 0.684. The molecule has 3 heteroatoms. The zero-order valence-electron chi connectivity index (χ0n) is 12.4. The molecule has 5 aliphatic carbocycles. The van der Waals surface area contributed by atoms with Gasteiger partial charge in [0.2, 0.25) is 0 Å². The number of hydrogen-bond donors (Lipinski definition) is 1. The molecule has 5 saturated carbocycles. The predicted octanol–water partition coefficient (Wildman–Crippen LogP) is 2.13. The van der Waals surface area contributed by atoms with Crippen LogP contribution < -0.4 is 0 Å². The smallest absolute Gasteiger partial charge is 0.125 e. The summed E-state index contributed by atoms with van der Waals surface area (Å²) in [6, 6.07) is 7.62. The van der Waals surface area contributed by atoms with Crippen LogP contribution in [-0.2, 0) is 6.42 Å². The molecule has 114 valence electrons. The molecule has 2 nitrogen and oxygen atoms in total. The second kappa shape index (κ2) is 3.16. The number of hydrogen-bond acceptors (Lipinski definition) is 2. The van der Waals surface area contributed by atoms with E-state index in [1.807, 2.05) is 6.07 Å². The second-order valence-corrected chi connectivity index (χ2v) is 8.77. The zero-order chi connectivity index (χ0) is 14.4. The SMILES string of the molecule is O[C@]12[C@@H]3[C@@H]4[C@@H]5C[C@H]6[C@H]4[C@H]3[C@@H]([C@H]6[C@@H]51)N2CCc1cccc(F)c1. The van der Waals surface area contributed by atoms with Crippen molar-refractivity contribution in [2.75, 3.05) is 6.54 Å². The topological polar surface area (TPSA) is 23.5 Å². The quantitative estimate of drug-likeness (QED) is 0.924. The van der Waals surface area contributed by atoms with Crippen molar-refractivity contribution in [3.63, 3.8) is 0 Å². The molecular weight excluding hydrogens is 277 g/mol. The first-order valence-corrected chi connectivity index (χ1v) is 8.95. The Bertz CT molecular complexity index is 721. The average Bonchev–Trinajstić information content (AvgIpc) is 3.09. The summed E-state index contributed by atoms with van der Waals surface area (Å²) in [5, 5.41) is 11.6. The van der Waals surface area contributed by atoms with Crippen molar-refractivity contribution in [3.8, 4) is 0 Å². The molecule has 0 unspecified atom stereocenters. The maximum atomic E-state index is 13.4. The Hall–Kier alpha value is -0.930. The molecule has 0 radical (unpaired) electrons. The molecule has 1 aromatic rings. The predicted molar refractivity (Wildman–Crippen MR) is 78.1 cm³/mol. The van der Waals surface area contributed by atoms with Crippen molar-refractivity contribution < 1.29 is 9.50 Å². The Balaban J connectivity index is 1.25. The number of nitrogens with zero attached hydrogens (tertiary/aromatic N) is 1. The Kier molecular flexibility index (Phi) is 1.66. The third kappa shape index (κ3) is 0.881. The Labute approximate surface area is 129 Å². The number of halogens is 1. The molecule has 22 heavy (non-hydrogen) atoms. The van der Waals surface area contributed by atoms with Crippen LogP contribution >= 0.6 is 0 Å². The van der Waals surface area contributed by atoms with E-state index in [-0.39, 0.29) is 5.82 Å². The van der Waals surface area contributed by atoms with Crippen molar-refractivity contribution in [1.82, 2.24) is 4.90 Å². The van der Waals surface area contributed by atoms with Crippen LogP contribution in [0.2, 0.25) is 0 Å². The Morgan fingerprint density at radius 2 is 2.05 bits per heavy atom. The van der Waals surface area contributed by atoms with Crippen LogP contribution in [0.25, 0.3) is 0 Å². The van der Waals surface area contributed by atoms with Crippen molar-refractivity contribution in [2.45, 2.75) is 24.6 Å². The fourth-order valence-electron chi connectivity index (χ4n) is 8.81. The van der Waals surface area contributed by atoms with Crippen molar-refractivity contribution >= 4 is 0 Å². The minimum Gasteiger partial charge on any atom is -0.375 e. The fourth-order valence-corrected chi connectivity index (χ4v) is 8.81. The van der Waals surface area contributed by atoms with Crippen LogP contribution in [0, 0.1) is 53.2 Å². The van der Waals surface area contributed by atoms with Gasteiger partial charge in [-0.05, 0) is 66.0 Å². The first-order valence-electron chi connectivity index (χ1n) is 8.95. The maximum Gasteiger partial charge on any atom is 0.125 e. The standard InChI is InChI=1S/C19H20FNO/c20-9-3-1-2-8(6-9)4-5-21-18-14-10-7-11-13-12(10)15(18)17(13)19(21,22)16(11)14/h1-3,6,10-18,22H,4-5,7H2/t10-,11-,12+,13+,14+,15+,16+,17+,18+,19-/m0/s1. The van der Waals surface area contributed by atoms with E-state index in [4.69, 9.17) is 0 Å². The normalized spacial score (nSPS) is 60.9. The summed E-state index contributed by atoms with van der Waals surface area (Å²) < 4.78 is 13.4. The van der Waals surface area contributed by atoms with Crippen molar-refractivity contribution in [1.29, 1.82) is 0 Å². The van der Waals surface area contributed by atoms with Gasteiger partial charge in [0.1, 0.15) is 11.5 Å². The minimum atomic E-state index is -0.482. The monoisotopic (exact) mass is 297 g/mol. The van der Waals surface area contributed by atoms with Crippen LogP contribution in [0.4, 0.5) is 4.39 Å². The van der Waals surface area contributed by atoms with E-state index >= 15 is 0 Å². The maximum absolute atomic E-state index is 13.4. The molecule has 1 aromatic carbocycles. The molecule has 8 rings (SSSR count). The third-order valence-electron chi connectivity index (χ3n) is 8.74. The summed E-state index contributed by atoms with van der Waals surface area (Å²) in [7, 11) is 0. The van der Waals surface area contributed by atoms with E-state index in [0.717, 1.165) is 54.0 Å². The van der Waals surface area contributed by atoms with Gasteiger partial charge in [0.15, 0.2) is 0 Å². The molecule has 0 spiro atoms. The van der Waals surface area contributed by atoms with Gasteiger partial charge >= 0.3 is 0 Å². The van der Waals surface area contributed by atoms with Crippen LogP contribution in [0.3, 0.4) is 0 Å². The van der Waals surface area contributed by atoms with Crippen LogP contribution in [0.1, 0.15) is 12.0 Å². The van der Waals surface area contributed by atoms with Gasteiger partial charge in [0.05, 0.1) is 0 Å². The summed E-state index contributed by atoms with van der Waals surface area (Å²) in [6.45, 7) is 0.906. The lowest BCUT2D eigenvalue weighted by Crippen LogP contribution is -2.51. The van der Waals surface area contributed by atoms with E-state index in [1.54, 1.807) is 12.1 Å². The summed E-state index contributed by atoms with van der Waals surface area (Å²) in [5.41, 5.74) is 0.580. The molecule has 7 fully saturated rings. The van der Waals surface area contributed by atoms with E-state index in [2.05, 4.69) is 4.90 Å². The summed E-state index contributed by atoms with van der Waals surface area (Å²) >= 11 is 0. The molecule has 0 amide bonds. The van der Waals surface area contributed by atoms with Gasteiger partial charge in [-0.1, -0.05) is 12.1 Å². The van der Waals surface area contributed by atoms with Crippen LogP contribution in [-0.4, -0.2) is 28.3 Å². The van der Waals surface area contributed by atoms with Gasteiger partial charge in [-0.3, -0.25) is 4.90 Å². The average molecular weight is 297 g/mol. The highest BCUT2D eigenvalue weighted by Crippen LogP contribution is 2.90. The summed E-state index contributed by atoms with van der Waals surface area (Å²) in [5.74, 6) is 6.25. The Morgan fingerprint density at radius 3 is 2.91 bits per heavy atom. The number of rotatable bonds is 3. The van der Waals surface area contributed by atoms with Crippen LogP contribution in [0.15, 0.2) is 24.3 Å². The summed E-state index contributed by atoms with van der Waals surface area (Å²) in [4.78, 5) is 2.48. The molecular formula is C19H20FNO. The molecule has 0 aromatic heterocycles. The largest absolute Gasteiger partial charge is 0.375 e. The van der Waals surface area contributed by atoms with Crippen molar-refractivity contribution in [3.05, 3.63) is 35.6 Å². The molecule has 2 heterocycles. The van der Waals surface area contributed by atoms with Crippen LogP contribution in [0.5, 0.6) is 0 Å². The lowest BCUT2D eigenvalue weighted by Gasteiger charge is -2.45. The first kappa shape index (κ1) is 11.6. The van der Waals surface area contributed by atoms with Gasteiger partial charge in [-0.2, -0.15) is 0 Å². The lowest BCUT2D eigenvalue weighted by molar-refractivity contribution is -0.130. The highest BCUT2D eigenvalue weighted by atomic mass is 19.1. The highest BCUT2D eigenvalue weighted by molar-refractivity contribution is 5.40. The zero-order valence-corrected chi connectivity index (χ0v) is 12.4. The molecule has 1 N–H and O–H groups in total. The van der Waals surface area contributed by atoms with E-state index in [0.29, 0.717) is 17.9 Å². The molecule has 2 saturated heterocycles. The molecule has 7 aliphatic rings. The number of benzene rings is 1. The number of aliphatic hydroxyl groups is 1. The van der Waals surface area contributed by atoms with E-state index in [9.17, 15) is 9.50 Å². The third-order valence-corrected chi connectivity index (χ3v) is 8.74. The van der Waals surface area contributed by atoms with Gasteiger partial charge in [0.25, 0.3) is 0 Å². The van der Waals surface area contributed by atoms with Gasteiger partial charge in [0, 0.05) is 24.4 Å². The van der Waals surface area contributed by atoms with Gasteiger partial charge in [-0.25, -0.2) is 4.39 Å².